The number of hydrogen-bond donors (Lipinski definition) is 1. The smallest absolute Gasteiger partial charge is 0.258 e. The first-order valence-electron chi connectivity index (χ1n) is 12.6. The first-order chi connectivity index (χ1) is 15.5. The molecule has 4 saturated carbocycles. The molecular weight excluding hydrogens is 398 g/mol. The number of likely N-dealkylation sites (N-methyl/N-ethyl adjacent to an activating group) is 1. The number of aromatic nitrogens is 1. The number of anilines is 1. The van der Waals surface area contributed by atoms with Crippen LogP contribution in [0.2, 0.25) is 0 Å². The molecule has 1 aromatic heterocycles. The molecule has 4 aliphatic rings. The summed E-state index contributed by atoms with van der Waals surface area (Å²) in [7, 11) is 0. The molecule has 5 nitrogen and oxygen atoms in total. The largest absolute Gasteiger partial charge is 0.325 e. The fourth-order valence-electron chi connectivity index (χ4n) is 7.43. The Hall–Kier alpha value is -2.14. The number of benzene rings is 1. The summed E-state index contributed by atoms with van der Waals surface area (Å²) in [6.45, 7) is 7.80. The lowest BCUT2D eigenvalue weighted by molar-refractivity contribution is -0.124. The molecule has 5 heteroatoms. The van der Waals surface area contributed by atoms with Gasteiger partial charge in [-0.25, -0.2) is 0 Å². The summed E-state index contributed by atoms with van der Waals surface area (Å²) < 4.78 is 1.79. The van der Waals surface area contributed by atoms with Crippen molar-refractivity contribution in [1.29, 1.82) is 0 Å². The van der Waals surface area contributed by atoms with Crippen molar-refractivity contribution in [1.82, 2.24) is 9.47 Å². The molecule has 1 N–H and O–H groups in total. The van der Waals surface area contributed by atoms with E-state index >= 15 is 0 Å². The average Bonchev–Trinajstić information content (AvgIpc) is 2.75. The Morgan fingerprint density at radius 3 is 2.31 bits per heavy atom. The van der Waals surface area contributed by atoms with Gasteiger partial charge in [0.05, 0.1) is 0 Å². The molecule has 4 aliphatic carbocycles. The first kappa shape index (κ1) is 21.7. The van der Waals surface area contributed by atoms with Gasteiger partial charge in [-0.1, -0.05) is 19.9 Å². The van der Waals surface area contributed by atoms with Crippen molar-refractivity contribution in [3.63, 3.8) is 0 Å². The first-order valence-corrected chi connectivity index (χ1v) is 12.6. The summed E-state index contributed by atoms with van der Waals surface area (Å²) in [4.78, 5) is 28.5. The van der Waals surface area contributed by atoms with Gasteiger partial charge in [-0.3, -0.25) is 9.59 Å². The van der Waals surface area contributed by atoms with Crippen LogP contribution in [0.1, 0.15) is 58.8 Å². The van der Waals surface area contributed by atoms with E-state index in [-0.39, 0.29) is 16.9 Å². The quantitative estimate of drug-likeness (QED) is 0.642. The number of rotatable bonds is 8. The van der Waals surface area contributed by atoms with Gasteiger partial charge in [-0.2, -0.15) is 0 Å². The van der Waals surface area contributed by atoms with Gasteiger partial charge < -0.3 is 14.8 Å². The van der Waals surface area contributed by atoms with Gasteiger partial charge in [0, 0.05) is 42.2 Å². The van der Waals surface area contributed by atoms with E-state index < -0.39 is 0 Å². The van der Waals surface area contributed by atoms with Crippen LogP contribution in [0.15, 0.2) is 35.3 Å². The predicted octanol–water partition coefficient (Wildman–Crippen LogP) is 4.89. The van der Waals surface area contributed by atoms with Gasteiger partial charge in [0.25, 0.3) is 5.56 Å². The van der Waals surface area contributed by atoms with Crippen LogP contribution in [0.3, 0.4) is 0 Å². The van der Waals surface area contributed by atoms with E-state index in [1.165, 1.54) is 38.5 Å². The summed E-state index contributed by atoms with van der Waals surface area (Å²) in [6.07, 6.45) is 10.4. The molecule has 4 bridgehead atoms. The van der Waals surface area contributed by atoms with Crippen LogP contribution < -0.4 is 10.9 Å². The van der Waals surface area contributed by atoms with E-state index in [0.29, 0.717) is 18.4 Å². The number of hydrogen-bond acceptors (Lipinski definition) is 3. The number of pyridine rings is 1. The molecule has 0 aliphatic heterocycles. The van der Waals surface area contributed by atoms with Crippen LogP contribution in [-0.4, -0.2) is 35.0 Å². The molecular formula is C27H37N3O2. The van der Waals surface area contributed by atoms with Crippen molar-refractivity contribution < 1.29 is 4.79 Å². The van der Waals surface area contributed by atoms with Crippen molar-refractivity contribution in [2.24, 2.45) is 23.2 Å². The summed E-state index contributed by atoms with van der Waals surface area (Å²) >= 11 is 0. The third-order valence-electron chi connectivity index (χ3n) is 8.54. The highest BCUT2D eigenvalue weighted by molar-refractivity contribution is 6.02. The minimum atomic E-state index is 0.0202. The zero-order valence-electron chi connectivity index (χ0n) is 19.6. The van der Waals surface area contributed by atoms with Crippen LogP contribution in [0.5, 0.6) is 0 Å². The Morgan fingerprint density at radius 1 is 1.03 bits per heavy atom. The number of carbonyl (C=O) groups is 1. The molecule has 1 amide bonds. The van der Waals surface area contributed by atoms with Gasteiger partial charge >= 0.3 is 0 Å². The Bertz CT molecular complexity index is 1020. The summed E-state index contributed by atoms with van der Waals surface area (Å²) in [5.41, 5.74) is 1.01. The Labute approximate surface area is 191 Å². The second-order valence-electron chi connectivity index (χ2n) is 10.8. The van der Waals surface area contributed by atoms with Crippen LogP contribution in [0.25, 0.3) is 10.8 Å². The maximum Gasteiger partial charge on any atom is 0.258 e. The van der Waals surface area contributed by atoms with E-state index in [4.69, 9.17) is 0 Å². The number of nitrogens with one attached hydrogen (secondary N) is 1. The maximum atomic E-state index is 13.1. The molecule has 172 valence electrons. The van der Waals surface area contributed by atoms with E-state index in [9.17, 15) is 9.59 Å². The van der Waals surface area contributed by atoms with Crippen molar-refractivity contribution in [3.8, 4) is 0 Å². The lowest BCUT2D eigenvalue weighted by Crippen LogP contribution is -2.47. The molecule has 0 atom stereocenters. The highest BCUT2D eigenvalue weighted by Crippen LogP contribution is 2.61. The molecule has 0 spiro atoms. The van der Waals surface area contributed by atoms with Gasteiger partial charge in [-0.05, 0) is 93.0 Å². The van der Waals surface area contributed by atoms with Crippen molar-refractivity contribution >= 4 is 22.4 Å². The lowest BCUT2D eigenvalue weighted by atomic mass is 9.49. The van der Waals surface area contributed by atoms with Crippen molar-refractivity contribution in [2.75, 3.05) is 25.0 Å². The topological polar surface area (TPSA) is 54.3 Å². The third kappa shape index (κ3) is 4.12. The van der Waals surface area contributed by atoms with Crippen molar-refractivity contribution in [2.45, 2.75) is 65.3 Å². The van der Waals surface area contributed by atoms with Crippen LogP contribution >= 0.6 is 0 Å². The monoisotopic (exact) mass is 435 g/mol. The SMILES string of the molecule is CCN(CC)CCn1ccc2c(NC(=O)CC34CC5CC(CC(C5)C3)C4)cccc2c1=O. The second-order valence-corrected chi connectivity index (χ2v) is 10.8. The normalized spacial score (nSPS) is 28.5. The van der Waals surface area contributed by atoms with Gasteiger partial charge in [-0.15, -0.1) is 0 Å². The molecule has 2 aromatic rings. The maximum absolute atomic E-state index is 13.1. The molecule has 0 unspecified atom stereocenters. The summed E-state index contributed by atoms with van der Waals surface area (Å²) in [6, 6.07) is 7.68. The number of nitrogens with zero attached hydrogens (tertiary/aromatic N) is 2. The molecule has 32 heavy (non-hydrogen) atoms. The number of amides is 1. The van der Waals surface area contributed by atoms with E-state index in [0.717, 1.165) is 48.5 Å². The zero-order valence-corrected chi connectivity index (χ0v) is 19.6. The Kier molecular flexibility index (Phi) is 5.87. The Balaban J connectivity index is 1.32. The van der Waals surface area contributed by atoms with Gasteiger partial charge in [0.15, 0.2) is 0 Å². The fourth-order valence-corrected chi connectivity index (χ4v) is 7.43. The highest BCUT2D eigenvalue weighted by atomic mass is 16.1. The minimum Gasteiger partial charge on any atom is -0.325 e. The van der Waals surface area contributed by atoms with Crippen LogP contribution in [0, 0.1) is 23.2 Å². The van der Waals surface area contributed by atoms with E-state index in [1.807, 2.05) is 30.5 Å². The van der Waals surface area contributed by atoms with E-state index in [2.05, 4.69) is 24.1 Å². The number of fused-ring (bicyclic) bond motifs is 1. The van der Waals surface area contributed by atoms with Crippen LogP contribution in [0.4, 0.5) is 5.69 Å². The van der Waals surface area contributed by atoms with Crippen molar-refractivity contribution in [3.05, 3.63) is 40.8 Å². The molecule has 6 rings (SSSR count). The highest BCUT2D eigenvalue weighted by Gasteiger charge is 2.51. The van der Waals surface area contributed by atoms with Crippen LogP contribution in [-0.2, 0) is 11.3 Å². The molecule has 1 heterocycles. The minimum absolute atomic E-state index is 0.0202. The fraction of sp³-hybridized carbons (Fsp3) is 0.630. The average molecular weight is 436 g/mol. The zero-order chi connectivity index (χ0) is 22.3. The predicted molar refractivity (Wildman–Crippen MR) is 130 cm³/mol. The molecule has 0 saturated heterocycles. The standard InChI is InChI=1S/C27H37N3O2/c1-3-29(4-2)10-11-30-9-8-22-23(26(30)32)6-5-7-24(22)28-25(31)18-27-15-19-12-20(16-27)14-21(13-19)17-27/h5-9,19-21H,3-4,10-18H2,1-2H3,(H,28,31). The third-order valence-corrected chi connectivity index (χ3v) is 8.54. The lowest BCUT2D eigenvalue weighted by Gasteiger charge is -2.56. The number of carbonyl (C=O) groups excluding carboxylic acids is 1. The van der Waals surface area contributed by atoms with Gasteiger partial charge in [0.1, 0.15) is 0 Å². The van der Waals surface area contributed by atoms with Gasteiger partial charge in [0.2, 0.25) is 5.91 Å². The van der Waals surface area contributed by atoms with E-state index in [1.54, 1.807) is 4.57 Å². The molecule has 4 fully saturated rings. The summed E-state index contributed by atoms with van der Waals surface area (Å²) in [5.74, 6) is 2.66. The molecule has 0 radical (unpaired) electrons. The summed E-state index contributed by atoms with van der Waals surface area (Å²) in [5, 5.41) is 4.70. The Morgan fingerprint density at radius 2 is 1.69 bits per heavy atom. The second kappa shape index (κ2) is 8.66. The molecule has 1 aromatic carbocycles.